The smallest absolute Gasteiger partial charge is 0.326 e. The molecule has 0 saturated carbocycles. The van der Waals surface area contributed by atoms with Crippen molar-refractivity contribution in [3.8, 4) is 0 Å². The lowest BCUT2D eigenvalue weighted by Gasteiger charge is -2.29. The lowest BCUT2D eigenvalue weighted by molar-refractivity contribution is -0.144. The fourth-order valence-corrected chi connectivity index (χ4v) is 8.09. The molecule has 1 rings (SSSR count). The highest BCUT2D eigenvalue weighted by atomic mass is 16.4. The van der Waals surface area contributed by atoms with Crippen LogP contribution >= 0.6 is 0 Å². The Labute approximate surface area is 463 Å². The zero-order valence-corrected chi connectivity index (χ0v) is 47.9. The molecule has 10 amide bonds. The van der Waals surface area contributed by atoms with Crippen LogP contribution < -0.4 is 59.3 Å². The third kappa shape index (κ3) is 25.9. The minimum atomic E-state index is -1.53. The van der Waals surface area contributed by atoms with Gasteiger partial charge in [-0.25, -0.2) is 4.79 Å². The van der Waals surface area contributed by atoms with Crippen LogP contribution in [0.1, 0.15) is 134 Å². The van der Waals surface area contributed by atoms with Gasteiger partial charge in [0.05, 0.1) is 12.6 Å². The second kappa shape index (κ2) is 34.6. The van der Waals surface area contributed by atoms with Gasteiger partial charge in [-0.2, -0.15) is 0 Å². The first kappa shape index (κ1) is 69.8. The molecule has 0 saturated heterocycles. The number of aliphatic carboxylic acids is 2. The fraction of sp³-hybridized carbons (Fsp3) is 0.667. The molecule has 0 unspecified atom stereocenters. The molecule has 25 nitrogen and oxygen atoms in total. The molecule has 25 heteroatoms. The molecule has 79 heavy (non-hydrogen) atoms. The van der Waals surface area contributed by atoms with E-state index >= 15 is 0 Å². The normalized spacial score (nSPS) is 15.2. The molecule has 0 aliphatic heterocycles. The monoisotopic (exact) mass is 1120 g/mol. The van der Waals surface area contributed by atoms with Gasteiger partial charge < -0.3 is 69.5 Å². The van der Waals surface area contributed by atoms with Crippen molar-refractivity contribution in [1.29, 1.82) is 0 Å². The maximum atomic E-state index is 14.2. The Kier molecular flexibility index (Phi) is 30.6. The molecule has 0 aliphatic rings. The Morgan fingerprint density at radius 3 is 1.38 bits per heavy atom. The van der Waals surface area contributed by atoms with E-state index in [1.807, 2.05) is 13.8 Å². The Bertz CT molecular complexity index is 2240. The van der Waals surface area contributed by atoms with Gasteiger partial charge in [-0.3, -0.25) is 52.7 Å². The lowest BCUT2D eigenvalue weighted by Crippen LogP contribution is -2.61. The van der Waals surface area contributed by atoms with Crippen LogP contribution in [0, 0.1) is 35.5 Å². The number of hydrogen-bond donors (Lipinski definition) is 13. The van der Waals surface area contributed by atoms with E-state index in [0.717, 1.165) is 0 Å². The van der Waals surface area contributed by atoms with Gasteiger partial charge in [-0.15, -0.1) is 0 Å². The number of amides is 10. The number of nitrogens with two attached hydrogens (primary N) is 2. The van der Waals surface area contributed by atoms with Crippen LogP contribution in [0.2, 0.25) is 0 Å². The number of carbonyl (C=O) groups is 12. The summed E-state index contributed by atoms with van der Waals surface area (Å²) in [6.45, 7) is 19.6. The second-order valence-corrected chi connectivity index (χ2v) is 21.9. The molecule has 0 spiro atoms. The Hall–Kier alpha value is -7.18. The molecule has 0 aromatic heterocycles. The number of carbonyl (C=O) groups excluding carboxylic acids is 10. The number of carboxylic acid groups (broad SMARTS) is 2. The van der Waals surface area contributed by atoms with Crippen LogP contribution in [0.3, 0.4) is 0 Å². The highest BCUT2D eigenvalue weighted by Crippen LogP contribution is 2.14. The summed E-state index contributed by atoms with van der Waals surface area (Å²) < 4.78 is 0. The standard InChI is InChI=1S/C54H89N11O14/c1-13-32(12)45(53(77)59-36(20-22-41(68)69)49(73)63-43(30(8)9)52(76)65-44(31(10)11)54(78)79)62-40(67)26-57-47(71)38(25-33-17-15-14-16-18-33)61-51(75)42(29(6)7)64-50(74)37(24-28(4)5)60-48(72)35(19-21-39(56)66)58-46(70)34(55)23-27(2)3/h14-18,27-32,34-38,42-45H,13,19-26,55H2,1-12H3,(H2,56,66)(H,57,71)(H,58,70)(H,59,77)(H,60,72)(H,61,75)(H,62,67)(H,63,73)(H,64,74)(H,65,76)(H,68,69)(H,78,79)/t32-,34-,35-,36-,37-,38-,42-,43-,44-,45-/m0/s1. The molecule has 0 aliphatic carbocycles. The van der Waals surface area contributed by atoms with Gasteiger partial charge in [-0.1, -0.05) is 120 Å². The highest BCUT2D eigenvalue weighted by molar-refractivity contribution is 5.98. The number of benzene rings is 1. The van der Waals surface area contributed by atoms with Crippen molar-refractivity contribution in [1.82, 2.24) is 47.9 Å². The van der Waals surface area contributed by atoms with E-state index in [1.165, 1.54) is 0 Å². The van der Waals surface area contributed by atoms with Gasteiger partial charge >= 0.3 is 11.9 Å². The number of hydrogen-bond acceptors (Lipinski definition) is 13. The topological polar surface area (TPSA) is 406 Å². The average molecular weight is 1120 g/mol. The summed E-state index contributed by atoms with van der Waals surface area (Å²) in [5.74, 6) is -13.0. The Morgan fingerprint density at radius 1 is 0.481 bits per heavy atom. The first-order chi connectivity index (χ1) is 36.8. The van der Waals surface area contributed by atoms with Crippen LogP contribution in [-0.4, -0.2) is 142 Å². The van der Waals surface area contributed by atoms with Crippen molar-refractivity contribution in [3.63, 3.8) is 0 Å². The van der Waals surface area contributed by atoms with E-state index < -0.39 is 168 Å². The van der Waals surface area contributed by atoms with Gasteiger partial charge in [0.2, 0.25) is 59.1 Å². The SMILES string of the molecule is CC[C@H](C)[C@H](NC(=O)CNC(=O)[C@H](Cc1ccccc1)NC(=O)[C@@H](NC(=O)[C@H](CC(C)C)NC(=O)[C@H](CCC(N)=O)NC(=O)[C@@H](N)CC(C)C)C(C)C)C(=O)N[C@@H](CCC(=O)O)C(=O)N[C@H](C(=O)N[C@H](C(=O)O)C(C)C)C(C)C. The van der Waals surface area contributed by atoms with Gasteiger partial charge in [0.1, 0.15) is 48.3 Å². The van der Waals surface area contributed by atoms with Crippen molar-refractivity contribution in [3.05, 3.63) is 35.9 Å². The molecule has 0 radical (unpaired) electrons. The van der Waals surface area contributed by atoms with Crippen LogP contribution in [0.4, 0.5) is 0 Å². The van der Waals surface area contributed by atoms with E-state index in [0.29, 0.717) is 18.4 Å². The summed E-state index contributed by atoms with van der Waals surface area (Å²) in [4.78, 5) is 159. The first-order valence-corrected chi connectivity index (χ1v) is 27.0. The summed E-state index contributed by atoms with van der Waals surface area (Å²) in [5.41, 5.74) is 12.0. The molecule has 0 bridgehead atoms. The van der Waals surface area contributed by atoms with Crippen molar-refractivity contribution in [2.24, 2.45) is 47.0 Å². The maximum Gasteiger partial charge on any atom is 0.326 e. The molecular weight excluding hydrogens is 1030 g/mol. The molecule has 15 N–H and O–H groups in total. The van der Waals surface area contributed by atoms with Crippen LogP contribution in [-0.2, 0) is 64.0 Å². The Balaban J connectivity index is 3.41. The van der Waals surface area contributed by atoms with Crippen LogP contribution in [0.15, 0.2) is 30.3 Å². The van der Waals surface area contributed by atoms with E-state index in [2.05, 4.69) is 47.9 Å². The quantitative estimate of drug-likeness (QED) is 0.0416. The third-order valence-electron chi connectivity index (χ3n) is 12.9. The second-order valence-electron chi connectivity index (χ2n) is 21.9. The summed E-state index contributed by atoms with van der Waals surface area (Å²) in [6.07, 6.45) is -0.836. The van der Waals surface area contributed by atoms with E-state index in [9.17, 15) is 67.7 Å². The average Bonchev–Trinajstić information content (AvgIpc) is 3.35. The minimum Gasteiger partial charge on any atom is -0.481 e. The summed E-state index contributed by atoms with van der Waals surface area (Å²) >= 11 is 0. The van der Waals surface area contributed by atoms with Crippen LogP contribution in [0.5, 0.6) is 0 Å². The highest BCUT2D eigenvalue weighted by Gasteiger charge is 2.37. The van der Waals surface area contributed by atoms with E-state index in [4.69, 9.17) is 11.5 Å². The van der Waals surface area contributed by atoms with Gasteiger partial charge in [0.25, 0.3) is 0 Å². The van der Waals surface area contributed by atoms with E-state index in [-0.39, 0.29) is 37.5 Å². The summed E-state index contributed by atoms with van der Waals surface area (Å²) in [5, 5.41) is 42.2. The number of rotatable bonds is 36. The minimum absolute atomic E-state index is 0.0583. The van der Waals surface area contributed by atoms with E-state index in [1.54, 1.807) is 99.6 Å². The summed E-state index contributed by atoms with van der Waals surface area (Å²) in [7, 11) is 0. The third-order valence-corrected chi connectivity index (χ3v) is 12.9. The van der Waals surface area contributed by atoms with Gasteiger partial charge in [0, 0.05) is 19.3 Å². The van der Waals surface area contributed by atoms with Crippen molar-refractivity contribution in [2.45, 2.75) is 189 Å². The zero-order valence-electron chi connectivity index (χ0n) is 47.9. The molecule has 0 fully saturated rings. The molecule has 1 aromatic rings. The molecule has 10 atom stereocenters. The molecule has 444 valence electrons. The number of primary amides is 1. The predicted molar refractivity (Wildman–Crippen MR) is 292 cm³/mol. The lowest BCUT2D eigenvalue weighted by atomic mass is 9.97. The maximum absolute atomic E-state index is 14.2. The molecular formula is C54H89N11O14. The fourth-order valence-electron chi connectivity index (χ4n) is 8.09. The molecule has 0 heterocycles. The van der Waals surface area contributed by atoms with Crippen LogP contribution in [0.25, 0.3) is 0 Å². The number of nitrogens with one attached hydrogen (secondary N) is 9. The predicted octanol–water partition coefficient (Wildman–Crippen LogP) is -0.128. The Morgan fingerprint density at radius 2 is 0.911 bits per heavy atom. The van der Waals surface area contributed by atoms with Gasteiger partial charge in [0.15, 0.2) is 0 Å². The number of carboxylic acids is 2. The first-order valence-electron chi connectivity index (χ1n) is 27.0. The van der Waals surface area contributed by atoms with Gasteiger partial charge in [-0.05, 0) is 66.8 Å². The molecule has 1 aromatic carbocycles. The van der Waals surface area contributed by atoms with Crippen molar-refractivity contribution < 1.29 is 67.7 Å². The zero-order chi connectivity index (χ0) is 60.4. The largest absolute Gasteiger partial charge is 0.481 e. The van der Waals surface area contributed by atoms with Crippen molar-refractivity contribution >= 4 is 71.0 Å². The summed E-state index contributed by atoms with van der Waals surface area (Å²) in [6, 6.07) is -2.99. The van der Waals surface area contributed by atoms with Crippen molar-refractivity contribution in [2.75, 3.05) is 6.54 Å².